The van der Waals surface area contributed by atoms with Crippen LogP contribution in [-0.2, 0) is 4.74 Å². The molecule has 7 heteroatoms. The maximum Gasteiger partial charge on any atom is 0.338 e. The van der Waals surface area contributed by atoms with E-state index >= 15 is 0 Å². The van der Waals surface area contributed by atoms with E-state index in [0.29, 0.717) is 49.9 Å². The Hall–Kier alpha value is -1.96. The van der Waals surface area contributed by atoms with Gasteiger partial charge in [-0.15, -0.1) is 0 Å². The van der Waals surface area contributed by atoms with Gasteiger partial charge in [0.05, 0.1) is 23.4 Å². The fraction of sp³-hybridized carbons (Fsp3) is 0.667. The Bertz CT molecular complexity index is 638. The molecule has 1 aromatic carbocycles. The van der Waals surface area contributed by atoms with Crippen LogP contribution < -0.4 is 0 Å². The normalized spacial score (nSPS) is 11.4. The minimum atomic E-state index is -0.978. The highest BCUT2D eigenvalue weighted by Gasteiger charge is 2.25. The molecule has 0 aromatic heterocycles. The van der Waals surface area contributed by atoms with Crippen LogP contribution in [0.2, 0.25) is 0 Å². The summed E-state index contributed by atoms with van der Waals surface area (Å²) < 4.78 is 5.18. The van der Waals surface area contributed by atoms with E-state index in [0.717, 1.165) is 0 Å². The lowest BCUT2D eigenvalue weighted by atomic mass is 9.99. The van der Waals surface area contributed by atoms with Crippen molar-refractivity contribution in [3.63, 3.8) is 0 Å². The van der Waals surface area contributed by atoms with E-state index in [4.69, 9.17) is 9.84 Å². The molecule has 3 N–H and O–H groups in total. The summed E-state index contributed by atoms with van der Waals surface area (Å²) in [6, 6.07) is 6.41. The zero-order chi connectivity index (χ0) is 24.1. The van der Waals surface area contributed by atoms with Crippen molar-refractivity contribution in [3.05, 3.63) is 35.4 Å². The summed E-state index contributed by atoms with van der Waals surface area (Å²) in [5, 5.41) is 27.9. The van der Waals surface area contributed by atoms with Crippen LogP contribution in [0.3, 0.4) is 0 Å². The first kappa shape index (κ1) is 29.0. The standard InChI is InChI=1S/C18H27NO4.C6H14O2/c1-5-18(22,6-2)13-23-17(21)15-11-9-14(10-12-15)16(20)19(7-3)8-4;1-3-6(8,4-2)5-7/h9-12,22H,5-8,13H2,1-4H3;7-8H,3-5H2,1-2H3. The number of carbonyl (C=O) groups excluding carboxylic acids is 2. The fourth-order valence-corrected chi connectivity index (χ4v) is 2.65. The van der Waals surface area contributed by atoms with E-state index < -0.39 is 17.2 Å². The number of ether oxygens (including phenoxy) is 1. The topological polar surface area (TPSA) is 107 Å². The van der Waals surface area contributed by atoms with Crippen molar-refractivity contribution in [2.45, 2.75) is 78.4 Å². The SMILES string of the molecule is CCC(O)(CC)CO.CCN(CC)C(=O)c1ccc(C(=O)OCC(O)(CC)CC)cc1. The van der Waals surface area contributed by atoms with E-state index in [-0.39, 0.29) is 19.1 Å². The largest absolute Gasteiger partial charge is 0.459 e. The van der Waals surface area contributed by atoms with E-state index in [9.17, 15) is 19.8 Å². The van der Waals surface area contributed by atoms with Crippen molar-refractivity contribution in [1.29, 1.82) is 0 Å². The number of aliphatic hydroxyl groups is 3. The lowest BCUT2D eigenvalue weighted by Crippen LogP contribution is -2.34. The number of carbonyl (C=O) groups is 2. The van der Waals surface area contributed by atoms with Gasteiger partial charge in [-0.25, -0.2) is 4.79 Å². The molecule has 0 atom stereocenters. The number of hydrogen-bond donors (Lipinski definition) is 3. The third-order valence-electron chi connectivity index (χ3n) is 5.82. The molecule has 0 radical (unpaired) electrons. The molecule has 1 rings (SSSR count). The average molecular weight is 440 g/mol. The minimum absolute atomic E-state index is 0.0288. The highest BCUT2D eigenvalue weighted by molar-refractivity contribution is 5.96. The van der Waals surface area contributed by atoms with Crippen LogP contribution in [-0.4, -0.2) is 69.6 Å². The van der Waals surface area contributed by atoms with Crippen molar-refractivity contribution < 1.29 is 29.6 Å². The molecule has 0 bridgehead atoms. The molecule has 1 amide bonds. The van der Waals surface area contributed by atoms with Crippen LogP contribution in [0.25, 0.3) is 0 Å². The molecule has 1 aromatic rings. The Kier molecular flexibility index (Phi) is 13.3. The van der Waals surface area contributed by atoms with E-state index in [1.54, 1.807) is 29.2 Å². The van der Waals surface area contributed by atoms with Crippen molar-refractivity contribution in [3.8, 4) is 0 Å². The monoisotopic (exact) mass is 439 g/mol. The molecule has 0 unspecified atom stereocenters. The number of rotatable bonds is 11. The fourth-order valence-electron chi connectivity index (χ4n) is 2.65. The zero-order valence-electron chi connectivity index (χ0n) is 20.0. The molecule has 0 spiro atoms. The highest BCUT2D eigenvalue weighted by Crippen LogP contribution is 2.16. The lowest BCUT2D eigenvalue weighted by molar-refractivity contribution is -0.0366. The van der Waals surface area contributed by atoms with Crippen molar-refractivity contribution in [2.24, 2.45) is 0 Å². The number of benzene rings is 1. The van der Waals surface area contributed by atoms with Gasteiger partial charge in [0.15, 0.2) is 0 Å². The first-order valence-electron chi connectivity index (χ1n) is 11.2. The van der Waals surface area contributed by atoms with Gasteiger partial charge in [-0.3, -0.25) is 4.79 Å². The van der Waals surface area contributed by atoms with Gasteiger partial charge in [-0.05, 0) is 63.8 Å². The maximum absolute atomic E-state index is 12.2. The summed E-state index contributed by atoms with van der Waals surface area (Å²) in [4.78, 5) is 25.9. The maximum atomic E-state index is 12.2. The summed E-state index contributed by atoms with van der Waals surface area (Å²) in [6.45, 7) is 12.4. The van der Waals surface area contributed by atoms with Crippen LogP contribution in [0, 0.1) is 0 Å². The molecule has 0 heterocycles. The van der Waals surface area contributed by atoms with Crippen LogP contribution in [0.4, 0.5) is 0 Å². The van der Waals surface area contributed by atoms with Crippen LogP contribution in [0.1, 0.15) is 87.9 Å². The third-order valence-corrected chi connectivity index (χ3v) is 5.82. The van der Waals surface area contributed by atoms with Crippen LogP contribution in [0.15, 0.2) is 24.3 Å². The lowest BCUT2D eigenvalue weighted by Gasteiger charge is -2.24. The van der Waals surface area contributed by atoms with Gasteiger partial charge >= 0.3 is 5.97 Å². The molecule has 0 fully saturated rings. The summed E-state index contributed by atoms with van der Waals surface area (Å²) >= 11 is 0. The summed E-state index contributed by atoms with van der Waals surface area (Å²) in [7, 11) is 0. The predicted octanol–water partition coefficient (Wildman–Crippen LogP) is 3.41. The van der Waals surface area contributed by atoms with E-state index in [1.807, 2.05) is 41.5 Å². The van der Waals surface area contributed by atoms with Gasteiger partial charge in [0.2, 0.25) is 0 Å². The Balaban J connectivity index is 0.000000954. The van der Waals surface area contributed by atoms with Crippen LogP contribution in [0.5, 0.6) is 0 Å². The number of aliphatic hydroxyl groups excluding tert-OH is 1. The smallest absolute Gasteiger partial charge is 0.338 e. The number of nitrogens with zero attached hydrogens (tertiary/aromatic N) is 1. The highest BCUT2D eigenvalue weighted by atomic mass is 16.5. The molecule has 0 aliphatic heterocycles. The van der Waals surface area contributed by atoms with Gasteiger partial charge < -0.3 is 25.0 Å². The molecule has 0 aliphatic rings. The summed E-state index contributed by atoms with van der Waals surface area (Å²) in [6.07, 6.45) is 2.29. The minimum Gasteiger partial charge on any atom is -0.459 e. The van der Waals surface area contributed by atoms with Crippen molar-refractivity contribution in [2.75, 3.05) is 26.3 Å². The molecule has 178 valence electrons. The Morgan fingerprint density at radius 1 is 0.806 bits per heavy atom. The summed E-state index contributed by atoms with van der Waals surface area (Å²) in [5.41, 5.74) is -0.881. The Morgan fingerprint density at radius 2 is 1.23 bits per heavy atom. The molecule has 0 aliphatic carbocycles. The van der Waals surface area contributed by atoms with E-state index in [2.05, 4.69) is 0 Å². The molecule has 0 saturated carbocycles. The van der Waals surface area contributed by atoms with E-state index in [1.165, 1.54) is 0 Å². The van der Waals surface area contributed by atoms with Crippen molar-refractivity contribution in [1.82, 2.24) is 4.90 Å². The van der Waals surface area contributed by atoms with Gasteiger partial charge in [0, 0.05) is 18.7 Å². The molecule has 7 nitrogen and oxygen atoms in total. The second-order valence-electron chi connectivity index (χ2n) is 7.65. The summed E-state index contributed by atoms with van der Waals surface area (Å²) in [5.74, 6) is -0.548. The molecule has 31 heavy (non-hydrogen) atoms. The zero-order valence-corrected chi connectivity index (χ0v) is 20.0. The number of amides is 1. The van der Waals surface area contributed by atoms with Crippen LogP contribution >= 0.6 is 0 Å². The number of hydrogen-bond acceptors (Lipinski definition) is 6. The van der Waals surface area contributed by atoms with Crippen molar-refractivity contribution >= 4 is 11.9 Å². The third kappa shape index (κ3) is 9.37. The second-order valence-corrected chi connectivity index (χ2v) is 7.65. The first-order chi connectivity index (χ1) is 14.6. The number of esters is 1. The van der Waals surface area contributed by atoms with Gasteiger partial charge in [0.25, 0.3) is 5.91 Å². The second kappa shape index (κ2) is 14.2. The average Bonchev–Trinajstić information content (AvgIpc) is 2.83. The Morgan fingerprint density at radius 3 is 1.55 bits per heavy atom. The Labute approximate surface area is 187 Å². The molecular weight excluding hydrogens is 398 g/mol. The van der Waals surface area contributed by atoms with Gasteiger partial charge in [-0.2, -0.15) is 0 Å². The van der Waals surface area contributed by atoms with Gasteiger partial charge in [0.1, 0.15) is 6.61 Å². The quantitative estimate of drug-likeness (QED) is 0.456. The first-order valence-corrected chi connectivity index (χ1v) is 11.2. The molecular formula is C24H41NO6. The molecule has 0 saturated heterocycles. The predicted molar refractivity (Wildman–Crippen MR) is 122 cm³/mol. The van der Waals surface area contributed by atoms with Gasteiger partial charge in [-0.1, -0.05) is 27.7 Å².